The summed E-state index contributed by atoms with van der Waals surface area (Å²) in [6.07, 6.45) is 7.42. The van der Waals surface area contributed by atoms with Crippen molar-refractivity contribution in [2.45, 2.75) is 44.7 Å². The topological polar surface area (TPSA) is 24.9 Å². The number of pyridine rings is 1. The molecule has 0 aliphatic heterocycles. The first-order valence-electron chi connectivity index (χ1n) is 7.66. The van der Waals surface area contributed by atoms with Gasteiger partial charge < -0.3 is 5.32 Å². The van der Waals surface area contributed by atoms with Crippen molar-refractivity contribution in [2.75, 3.05) is 0 Å². The van der Waals surface area contributed by atoms with E-state index in [0.717, 1.165) is 46.6 Å². The molecule has 0 aromatic carbocycles. The summed E-state index contributed by atoms with van der Waals surface area (Å²) in [6.45, 7) is 0.921. The minimum absolute atomic E-state index is 0.755. The zero-order valence-electron chi connectivity index (χ0n) is 11.2. The molecule has 2 nitrogen and oxygen atoms in total. The lowest BCUT2D eigenvalue weighted by Crippen LogP contribution is -2.39. The molecule has 1 heterocycles. The third-order valence-corrected chi connectivity index (χ3v) is 6.19. The van der Waals surface area contributed by atoms with Crippen LogP contribution >= 0.6 is 15.9 Å². The highest BCUT2D eigenvalue weighted by Gasteiger charge is 2.53. The van der Waals surface area contributed by atoms with Crippen molar-refractivity contribution in [1.82, 2.24) is 10.3 Å². The lowest BCUT2D eigenvalue weighted by Gasteiger charge is -2.32. The Morgan fingerprint density at radius 2 is 2.05 bits per heavy atom. The fraction of sp³-hybridized carbons (Fsp3) is 0.688. The number of hydrogen-bond acceptors (Lipinski definition) is 2. The van der Waals surface area contributed by atoms with Crippen molar-refractivity contribution < 1.29 is 0 Å². The van der Waals surface area contributed by atoms with Crippen LogP contribution in [0.1, 0.15) is 37.8 Å². The van der Waals surface area contributed by atoms with Gasteiger partial charge in [-0.05, 0) is 77.4 Å². The molecule has 2 bridgehead atoms. The van der Waals surface area contributed by atoms with Crippen LogP contribution in [0.3, 0.4) is 0 Å². The summed E-state index contributed by atoms with van der Waals surface area (Å²) in [4.78, 5) is 4.52. The van der Waals surface area contributed by atoms with E-state index >= 15 is 0 Å². The van der Waals surface area contributed by atoms with Crippen LogP contribution in [-0.4, -0.2) is 11.0 Å². The van der Waals surface area contributed by atoms with Crippen LogP contribution in [-0.2, 0) is 6.54 Å². The van der Waals surface area contributed by atoms with Gasteiger partial charge in [0, 0.05) is 12.6 Å². The molecule has 0 saturated heterocycles. The Balaban J connectivity index is 1.40. The monoisotopic (exact) mass is 320 g/mol. The van der Waals surface area contributed by atoms with Crippen molar-refractivity contribution >= 4 is 15.9 Å². The Hall–Kier alpha value is -0.410. The second kappa shape index (κ2) is 4.85. The molecule has 0 amide bonds. The Labute approximate surface area is 123 Å². The lowest BCUT2D eigenvalue weighted by molar-refractivity contribution is 0.207. The molecule has 1 N–H and O–H groups in total. The van der Waals surface area contributed by atoms with E-state index in [9.17, 15) is 0 Å². The summed E-state index contributed by atoms with van der Waals surface area (Å²) in [5.74, 6) is 4.13. The van der Waals surface area contributed by atoms with Gasteiger partial charge in [0.05, 0.1) is 5.69 Å². The molecule has 5 atom stereocenters. The Morgan fingerprint density at radius 1 is 1.16 bits per heavy atom. The molecular formula is C16H21BrN2. The molecule has 1 aromatic rings. The molecular weight excluding hydrogens is 300 g/mol. The van der Waals surface area contributed by atoms with Crippen LogP contribution in [0.25, 0.3) is 0 Å². The third kappa shape index (κ3) is 2.15. The van der Waals surface area contributed by atoms with Crippen molar-refractivity contribution in [3.63, 3.8) is 0 Å². The number of hydrogen-bond donors (Lipinski definition) is 1. The van der Waals surface area contributed by atoms with Gasteiger partial charge in [-0.15, -0.1) is 0 Å². The maximum Gasteiger partial charge on any atom is 0.106 e. The fourth-order valence-electron chi connectivity index (χ4n) is 5.09. The molecule has 3 fully saturated rings. The van der Waals surface area contributed by atoms with E-state index in [0.29, 0.717) is 0 Å². The van der Waals surface area contributed by atoms with E-state index in [1.165, 1.54) is 32.1 Å². The van der Waals surface area contributed by atoms with E-state index in [4.69, 9.17) is 0 Å². The Bertz CT molecular complexity index is 476. The highest BCUT2D eigenvalue weighted by Crippen LogP contribution is 2.58. The summed E-state index contributed by atoms with van der Waals surface area (Å²) in [5, 5.41) is 3.79. The number of fused-ring (bicyclic) bond motifs is 5. The Morgan fingerprint density at radius 3 is 2.95 bits per heavy atom. The van der Waals surface area contributed by atoms with Gasteiger partial charge >= 0.3 is 0 Å². The summed E-state index contributed by atoms with van der Waals surface area (Å²) < 4.78 is 0.940. The summed E-state index contributed by atoms with van der Waals surface area (Å²) in [6, 6.07) is 6.93. The first-order chi connectivity index (χ1) is 9.31. The second-order valence-corrected chi connectivity index (χ2v) is 7.41. The number of nitrogens with zero attached hydrogens (tertiary/aromatic N) is 1. The maximum atomic E-state index is 4.52. The van der Waals surface area contributed by atoms with Crippen molar-refractivity contribution in [2.24, 2.45) is 23.7 Å². The van der Waals surface area contributed by atoms with Crippen molar-refractivity contribution in [1.29, 1.82) is 0 Å². The number of rotatable bonds is 3. The zero-order chi connectivity index (χ0) is 12.8. The SMILES string of the molecule is Brc1cccc(CNC2CC3CC2C2CCCC32)n1. The van der Waals surface area contributed by atoms with Gasteiger partial charge in [-0.25, -0.2) is 4.98 Å². The number of aromatic nitrogens is 1. The van der Waals surface area contributed by atoms with Crippen LogP contribution in [0.2, 0.25) is 0 Å². The predicted octanol–water partition coefficient (Wildman–Crippen LogP) is 3.76. The van der Waals surface area contributed by atoms with Crippen LogP contribution in [0.15, 0.2) is 22.8 Å². The number of halogens is 1. The first kappa shape index (κ1) is 12.3. The molecule has 19 heavy (non-hydrogen) atoms. The normalized spacial score (nSPS) is 39.7. The van der Waals surface area contributed by atoms with E-state index in [1.807, 2.05) is 6.07 Å². The van der Waals surface area contributed by atoms with Crippen molar-refractivity contribution in [3.05, 3.63) is 28.5 Å². The number of nitrogens with one attached hydrogen (secondary N) is 1. The van der Waals surface area contributed by atoms with Crippen LogP contribution in [0, 0.1) is 23.7 Å². The minimum Gasteiger partial charge on any atom is -0.308 e. The highest BCUT2D eigenvalue weighted by atomic mass is 79.9. The Kier molecular flexibility index (Phi) is 3.15. The summed E-state index contributed by atoms with van der Waals surface area (Å²) in [7, 11) is 0. The standard InChI is InChI=1S/C16H21BrN2/c17-16-6-1-3-11(19-16)9-18-15-8-10-7-14(15)13-5-2-4-12(10)13/h1,3,6,10,12-15,18H,2,4-5,7-9H2. The molecule has 102 valence electrons. The molecule has 3 heteroatoms. The summed E-state index contributed by atoms with van der Waals surface area (Å²) in [5.41, 5.74) is 1.15. The van der Waals surface area contributed by atoms with Crippen LogP contribution in [0.5, 0.6) is 0 Å². The zero-order valence-corrected chi connectivity index (χ0v) is 12.8. The molecule has 0 spiro atoms. The van der Waals surface area contributed by atoms with E-state index in [2.05, 4.69) is 38.4 Å². The average Bonchev–Trinajstić information content (AvgIpc) is 3.08. The predicted molar refractivity (Wildman–Crippen MR) is 79.6 cm³/mol. The molecule has 5 unspecified atom stereocenters. The third-order valence-electron chi connectivity index (χ3n) is 5.75. The first-order valence-corrected chi connectivity index (χ1v) is 8.45. The smallest absolute Gasteiger partial charge is 0.106 e. The van der Waals surface area contributed by atoms with E-state index in [-0.39, 0.29) is 0 Å². The van der Waals surface area contributed by atoms with E-state index in [1.54, 1.807) is 0 Å². The minimum atomic E-state index is 0.755. The van der Waals surface area contributed by atoms with Crippen molar-refractivity contribution in [3.8, 4) is 0 Å². The quantitative estimate of drug-likeness (QED) is 0.858. The molecule has 3 aliphatic rings. The molecule has 4 rings (SSSR count). The van der Waals surface area contributed by atoms with Gasteiger partial charge in [0.2, 0.25) is 0 Å². The van der Waals surface area contributed by atoms with Crippen LogP contribution in [0.4, 0.5) is 0 Å². The van der Waals surface area contributed by atoms with Gasteiger partial charge in [0.15, 0.2) is 0 Å². The van der Waals surface area contributed by atoms with Gasteiger partial charge in [-0.1, -0.05) is 12.5 Å². The largest absolute Gasteiger partial charge is 0.308 e. The molecule has 1 aromatic heterocycles. The molecule has 0 radical (unpaired) electrons. The summed E-state index contributed by atoms with van der Waals surface area (Å²) >= 11 is 3.45. The fourth-order valence-corrected chi connectivity index (χ4v) is 5.47. The van der Waals surface area contributed by atoms with E-state index < -0.39 is 0 Å². The van der Waals surface area contributed by atoms with Gasteiger partial charge in [-0.3, -0.25) is 0 Å². The van der Waals surface area contributed by atoms with Crippen LogP contribution < -0.4 is 5.32 Å². The average molecular weight is 321 g/mol. The van der Waals surface area contributed by atoms with Gasteiger partial charge in [-0.2, -0.15) is 0 Å². The highest BCUT2D eigenvalue weighted by molar-refractivity contribution is 9.10. The second-order valence-electron chi connectivity index (χ2n) is 6.59. The van der Waals surface area contributed by atoms with Gasteiger partial charge in [0.1, 0.15) is 4.60 Å². The molecule has 3 saturated carbocycles. The lowest BCUT2D eigenvalue weighted by atomic mass is 9.79. The molecule has 3 aliphatic carbocycles. The van der Waals surface area contributed by atoms with Gasteiger partial charge in [0.25, 0.3) is 0 Å². The maximum absolute atomic E-state index is 4.52.